The van der Waals surface area contributed by atoms with Crippen LogP contribution in [0.1, 0.15) is 465 Å². The molecule has 0 spiro atoms. The van der Waals surface area contributed by atoms with Gasteiger partial charge < -0.3 is 33.8 Å². The Labute approximate surface area is 651 Å². The molecule has 630 valence electrons. The number of aliphatic hydroxyl groups is 1. The van der Waals surface area contributed by atoms with Gasteiger partial charge in [0.05, 0.1) is 26.4 Å². The lowest BCUT2D eigenvalue weighted by Gasteiger charge is -2.21. The average molecular weight is 1550 g/mol. The second-order valence-corrected chi connectivity index (χ2v) is 34.9. The van der Waals surface area contributed by atoms with Gasteiger partial charge in [-0.15, -0.1) is 0 Å². The second kappa shape index (κ2) is 78.3. The van der Waals surface area contributed by atoms with Gasteiger partial charge in [0.2, 0.25) is 0 Å². The van der Waals surface area contributed by atoms with Crippen molar-refractivity contribution in [3.63, 3.8) is 0 Å². The fraction of sp³-hybridized carbons (Fsp3) is 0.954. The normalized spacial score (nSPS) is 14.1. The molecule has 0 rings (SSSR count). The number of rotatable bonds is 86. The number of phosphoric ester groups is 2. The molecule has 0 aliphatic heterocycles. The molecule has 0 aromatic heterocycles. The molecular formula is C87H170O17P2. The molecule has 0 aliphatic rings. The maximum Gasteiger partial charge on any atom is 0.472 e. The van der Waals surface area contributed by atoms with Gasteiger partial charge in [-0.05, 0) is 37.5 Å². The molecule has 3 N–H and O–H groups in total. The third-order valence-electron chi connectivity index (χ3n) is 20.8. The van der Waals surface area contributed by atoms with Crippen LogP contribution >= 0.6 is 15.6 Å². The van der Waals surface area contributed by atoms with E-state index >= 15 is 0 Å². The molecule has 106 heavy (non-hydrogen) atoms. The highest BCUT2D eigenvalue weighted by Gasteiger charge is 2.30. The highest BCUT2D eigenvalue weighted by atomic mass is 31.2. The molecule has 0 amide bonds. The van der Waals surface area contributed by atoms with Crippen molar-refractivity contribution >= 4 is 39.5 Å². The summed E-state index contributed by atoms with van der Waals surface area (Å²) in [5, 5.41) is 10.7. The average Bonchev–Trinajstić information content (AvgIpc) is 0.905. The van der Waals surface area contributed by atoms with E-state index in [-0.39, 0.29) is 25.7 Å². The minimum atomic E-state index is -4.97. The first kappa shape index (κ1) is 104. The molecule has 0 bridgehead atoms. The number of ether oxygens (including phenoxy) is 4. The minimum absolute atomic E-state index is 0.108. The number of hydrogen-bond donors (Lipinski definition) is 3. The van der Waals surface area contributed by atoms with E-state index in [2.05, 4.69) is 41.5 Å². The summed E-state index contributed by atoms with van der Waals surface area (Å²) in [5.41, 5.74) is 0. The Morgan fingerprint density at radius 2 is 0.481 bits per heavy atom. The van der Waals surface area contributed by atoms with Gasteiger partial charge in [-0.25, -0.2) is 9.13 Å². The van der Waals surface area contributed by atoms with Crippen molar-refractivity contribution in [2.75, 3.05) is 39.6 Å². The SMILES string of the molecule is CCCCCCCCCCCCCCCCCCCCCCCC(=O)O[C@H](COC(=O)CCCCCCCCCCCCCCCCC(C)CC)COP(=O)(O)OC[C@@H](O)COP(=O)(O)OC[C@@H](COC(=O)CCCCCCCCCCCCC)OC(=O)CCCCCCCCCCCCCCCC(C)C. The molecule has 0 aromatic rings. The lowest BCUT2D eigenvalue weighted by Crippen LogP contribution is -2.30. The summed E-state index contributed by atoms with van der Waals surface area (Å²) in [5.74, 6) is -0.463. The number of carbonyl (C=O) groups is 4. The van der Waals surface area contributed by atoms with Crippen LogP contribution in [0.4, 0.5) is 0 Å². The van der Waals surface area contributed by atoms with Crippen LogP contribution in [0.3, 0.4) is 0 Å². The monoisotopic (exact) mass is 1550 g/mol. The Hall–Kier alpha value is -1.94. The highest BCUT2D eigenvalue weighted by molar-refractivity contribution is 7.47. The van der Waals surface area contributed by atoms with Crippen LogP contribution in [-0.2, 0) is 65.4 Å². The van der Waals surface area contributed by atoms with Gasteiger partial charge in [-0.3, -0.25) is 37.3 Å². The second-order valence-electron chi connectivity index (χ2n) is 32.0. The first-order chi connectivity index (χ1) is 51.4. The van der Waals surface area contributed by atoms with E-state index < -0.39 is 97.5 Å². The molecule has 0 radical (unpaired) electrons. The Kier molecular flexibility index (Phi) is 76.9. The van der Waals surface area contributed by atoms with E-state index in [1.807, 2.05) is 0 Å². The van der Waals surface area contributed by atoms with Crippen molar-refractivity contribution in [3.8, 4) is 0 Å². The number of aliphatic hydroxyl groups excluding tert-OH is 1. The van der Waals surface area contributed by atoms with E-state index in [0.717, 1.165) is 102 Å². The van der Waals surface area contributed by atoms with E-state index in [1.165, 1.54) is 283 Å². The van der Waals surface area contributed by atoms with Crippen LogP contribution in [0.25, 0.3) is 0 Å². The molecule has 3 unspecified atom stereocenters. The van der Waals surface area contributed by atoms with Crippen molar-refractivity contribution < 1.29 is 80.2 Å². The van der Waals surface area contributed by atoms with Gasteiger partial charge >= 0.3 is 39.5 Å². The van der Waals surface area contributed by atoms with E-state index in [4.69, 9.17) is 37.0 Å². The first-order valence-electron chi connectivity index (χ1n) is 45.0. The fourth-order valence-corrected chi connectivity index (χ4v) is 15.1. The fourth-order valence-electron chi connectivity index (χ4n) is 13.6. The number of carbonyl (C=O) groups excluding carboxylic acids is 4. The molecule has 0 saturated heterocycles. The zero-order chi connectivity index (χ0) is 77.8. The van der Waals surface area contributed by atoms with Gasteiger partial charge in [0.15, 0.2) is 12.2 Å². The summed E-state index contributed by atoms with van der Waals surface area (Å²) in [6.45, 7) is 9.75. The quantitative estimate of drug-likeness (QED) is 0.0222. The Bertz CT molecular complexity index is 2030. The number of esters is 4. The Balaban J connectivity index is 5.24. The van der Waals surface area contributed by atoms with Crippen LogP contribution < -0.4 is 0 Å². The third kappa shape index (κ3) is 78.7. The highest BCUT2D eigenvalue weighted by Crippen LogP contribution is 2.45. The largest absolute Gasteiger partial charge is 0.472 e. The van der Waals surface area contributed by atoms with Gasteiger partial charge in [0.25, 0.3) is 0 Å². The molecule has 19 heteroatoms. The molecule has 0 aliphatic carbocycles. The van der Waals surface area contributed by atoms with Gasteiger partial charge in [0.1, 0.15) is 19.3 Å². The molecule has 0 fully saturated rings. The topological polar surface area (TPSA) is 237 Å². The van der Waals surface area contributed by atoms with Crippen molar-refractivity contribution in [2.24, 2.45) is 11.8 Å². The maximum atomic E-state index is 13.2. The van der Waals surface area contributed by atoms with E-state index in [9.17, 15) is 43.2 Å². The number of hydrogen-bond acceptors (Lipinski definition) is 15. The van der Waals surface area contributed by atoms with E-state index in [0.29, 0.717) is 25.7 Å². The zero-order valence-corrected chi connectivity index (χ0v) is 71.5. The van der Waals surface area contributed by atoms with Crippen LogP contribution in [0.2, 0.25) is 0 Å². The summed E-state index contributed by atoms with van der Waals surface area (Å²) in [4.78, 5) is 73.3. The zero-order valence-electron chi connectivity index (χ0n) is 69.7. The minimum Gasteiger partial charge on any atom is -0.462 e. The summed E-state index contributed by atoms with van der Waals surface area (Å²) in [7, 11) is -9.93. The lowest BCUT2D eigenvalue weighted by molar-refractivity contribution is -0.161. The first-order valence-corrected chi connectivity index (χ1v) is 48.0. The van der Waals surface area contributed by atoms with E-state index in [1.54, 1.807) is 0 Å². The predicted molar refractivity (Wildman–Crippen MR) is 437 cm³/mol. The molecule has 0 heterocycles. The molecule has 6 atom stereocenters. The van der Waals surface area contributed by atoms with Gasteiger partial charge in [0, 0.05) is 25.7 Å². The van der Waals surface area contributed by atoms with Gasteiger partial charge in [-0.1, -0.05) is 414 Å². The summed E-state index contributed by atoms with van der Waals surface area (Å²) in [6, 6.07) is 0. The summed E-state index contributed by atoms with van der Waals surface area (Å²) < 4.78 is 68.9. The Morgan fingerprint density at radius 1 is 0.274 bits per heavy atom. The van der Waals surface area contributed by atoms with Crippen molar-refractivity contribution in [3.05, 3.63) is 0 Å². The van der Waals surface area contributed by atoms with Crippen LogP contribution in [0.15, 0.2) is 0 Å². The van der Waals surface area contributed by atoms with Gasteiger partial charge in [-0.2, -0.15) is 0 Å². The third-order valence-corrected chi connectivity index (χ3v) is 22.7. The van der Waals surface area contributed by atoms with Crippen LogP contribution in [-0.4, -0.2) is 96.7 Å². The maximum absolute atomic E-state index is 13.2. The molecular weight excluding hydrogens is 1380 g/mol. The number of phosphoric acid groups is 2. The summed E-state index contributed by atoms with van der Waals surface area (Å²) in [6.07, 6.45) is 70.7. The predicted octanol–water partition coefficient (Wildman–Crippen LogP) is 26.6. The van der Waals surface area contributed by atoms with Crippen LogP contribution in [0, 0.1) is 11.8 Å². The van der Waals surface area contributed by atoms with Crippen molar-refractivity contribution in [1.82, 2.24) is 0 Å². The smallest absolute Gasteiger partial charge is 0.462 e. The van der Waals surface area contributed by atoms with Crippen molar-refractivity contribution in [2.45, 2.75) is 484 Å². The Morgan fingerprint density at radius 3 is 0.717 bits per heavy atom. The summed E-state index contributed by atoms with van der Waals surface area (Å²) >= 11 is 0. The molecule has 0 aromatic carbocycles. The standard InChI is InChI=1S/C87H170O17P2/c1-7-10-12-14-16-18-20-21-22-23-24-25-26-27-28-35-41-47-53-59-65-71-86(91)104-83(76-98-85(90)70-64-58-52-46-40-34-30-29-33-39-44-50-56-62-68-80(6)9-3)78-102-106(95,96)100-74-81(88)73-99-105(93,94)101-77-82(75-97-84(89)69-63-57-51-45-37-19-17-15-13-11-8-2)103-87(92)72-66-60-54-48-42-36-31-32-38-43-49-55-61-67-79(4)5/h79-83,88H,7-78H2,1-6H3,(H,93,94)(H,95,96)/t80?,81-,82+,83+/m0/s1. The molecule has 0 saturated carbocycles. The van der Waals surface area contributed by atoms with Crippen molar-refractivity contribution in [1.29, 1.82) is 0 Å². The lowest BCUT2D eigenvalue weighted by atomic mass is 9.99. The molecule has 17 nitrogen and oxygen atoms in total. The number of unbranched alkanes of at least 4 members (excludes halogenated alkanes) is 55. The van der Waals surface area contributed by atoms with Crippen LogP contribution in [0.5, 0.6) is 0 Å².